The molecule has 0 aliphatic carbocycles. The summed E-state index contributed by atoms with van der Waals surface area (Å²) < 4.78 is 5.30. The normalized spacial score (nSPS) is 16.2. The van der Waals surface area contributed by atoms with Crippen LogP contribution >= 0.6 is 11.8 Å². The quantitative estimate of drug-likeness (QED) is 0.580. The molecular weight excluding hydrogens is 312 g/mol. The lowest BCUT2D eigenvalue weighted by atomic mass is 9.97. The van der Waals surface area contributed by atoms with E-state index >= 15 is 0 Å². The Morgan fingerprint density at radius 1 is 0.792 bits per heavy atom. The number of rotatable bonds is 3. The van der Waals surface area contributed by atoms with E-state index in [1.165, 1.54) is 27.2 Å². The first-order chi connectivity index (χ1) is 11.8. The fourth-order valence-electron chi connectivity index (χ4n) is 3.03. The number of hydrogen-bond acceptors (Lipinski definition) is 2. The zero-order chi connectivity index (χ0) is 16.4. The van der Waals surface area contributed by atoms with Crippen LogP contribution in [0.3, 0.4) is 0 Å². The number of ether oxygens (including phenoxy) is 1. The van der Waals surface area contributed by atoms with Crippen LogP contribution in [0.15, 0.2) is 78.9 Å². The SMILES string of the molecule is COc1ccc(C2SC(c3ccccc3)=Cc3ccccc32)cc1. The summed E-state index contributed by atoms with van der Waals surface area (Å²) in [4.78, 5) is 1.31. The van der Waals surface area contributed by atoms with Gasteiger partial charge in [0.05, 0.1) is 12.4 Å². The molecular formula is C22H18OS. The van der Waals surface area contributed by atoms with Crippen LogP contribution in [0.4, 0.5) is 0 Å². The summed E-state index contributed by atoms with van der Waals surface area (Å²) in [6, 6.07) is 27.7. The average molecular weight is 330 g/mol. The molecule has 0 saturated heterocycles. The first-order valence-corrected chi connectivity index (χ1v) is 8.90. The second-order valence-corrected chi connectivity index (χ2v) is 6.92. The molecule has 0 saturated carbocycles. The fraction of sp³-hybridized carbons (Fsp3) is 0.0909. The van der Waals surface area contributed by atoms with Gasteiger partial charge in [-0.3, -0.25) is 0 Å². The summed E-state index contributed by atoms with van der Waals surface area (Å²) in [5, 5.41) is 0.298. The van der Waals surface area contributed by atoms with Gasteiger partial charge < -0.3 is 4.74 Å². The van der Waals surface area contributed by atoms with Crippen molar-refractivity contribution in [3.05, 3.63) is 101 Å². The second kappa shape index (κ2) is 6.58. The third kappa shape index (κ3) is 2.85. The maximum atomic E-state index is 5.30. The monoisotopic (exact) mass is 330 g/mol. The summed E-state index contributed by atoms with van der Waals surface area (Å²) in [5.41, 5.74) is 5.24. The lowest BCUT2D eigenvalue weighted by Gasteiger charge is -2.26. The van der Waals surface area contributed by atoms with Gasteiger partial charge in [-0.05, 0) is 40.5 Å². The van der Waals surface area contributed by atoms with Crippen molar-refractivity contribution in [1.29, 1.82) is 0 Å². The number of thioether (sulfide) groups is 1. The molecule has 0 aromatic heterocycles. The van der Waals surface area contributed by atoms with E-state index in [0.717, 1.165) is 5.75 Å². The summed E-state index contributed by atoms with van der Waals surface area (Å²) in [5.74, 6) is 0.895. The van der Waals surface area contributed by atoms with E-state index in [4.69, 9.17) is 4.74 Å². The van der Waals surface area contributed by atoms with Gasteiger partial charge in [0.1, 0.15) is 5.75 Å². The van der Waals surface area contributed by atoms with E-state index in [9.17, 15) is 0 Å². The molecule has 0 N–H and O–H groups in total. The van der Waals surface area contributed by atoms with Crippen LogP contribution in [0.2, 0.25) is 0 Å². The van der Waals surface area contributed by atoms with Gasteiger partial charge in [0, 0.05) is 4.91 Å². The summed E-state index contributed by atoms with van der Waals surface area (Å²) >= 11 is 1.91. The number of benzene rings is 3. The highest BCUT2D eigenvalue weighted by molar-refractivity contribution is 8.09. The number of hydrogen-bond donors (Lipinski definition) is 0. The van der Waals surface area contributed by atoms with Gasteiger partial charge in [0.15, 0.2) is 0 Å². The van der Waals surface area contributed by atoms with Crippen LogP contribution in [0, 0.1) is 0 Å². The third-order valence-electron chi connectivity index (χ3n) is 4.29. The molecule has 2 heteroatoms. The standard InChI is InChI=1S/C22H18OS/c1-23-19-13-11-17(12-14-19)22-20-10-6-5-9-18(20)15-21(24-22)16-7-3-2-4-8-16/h2-15,22H,1H3. The topological polar surface area (TPSA) is 9.23 Å². The molecule has 1 nitrogen and oxygen atoms in total. The largest absolute Gasteiger partial charge is 0.497 e. The van der Waals surface area contributed by atoms with Gasteiger partial charge in [-0.1, -0.05) is 66.7 Å². The van der Waals surface area contributed by atoms with Crippen molar-refractivity contribution in [2.45, 2.75) is 5.25 Å². The Kier molecular flexibility index (Phi) is 4.14. The van der Waals surface area contributed by atoms with Gasteiger partial charge in [0.25, 0.3) is 0 Å². The molecule has 1 atom stereocenters. The summed E-state index contributed by atoms with van der Waals surface area (Å²) in [6.07, 6.45) is 2.30. The Bertz CT molecular complexity index is 866. The third-order valence-corrected chi connectivity index (χ3v) is 5.66. The second-order valence-electron chi connectivity index (χ2n) is 5.77. The maximum Gasteiger partial charge on any atom is 0.118 e. The van der Waals surface area contributed by atoms with Crippen molar-refractivity contribution in [1.82, 2.24) is 0 Å². The minimum absolute atomic E-state index is 0.298. The van der Waals surface area contributed by atoms with E-state index in [2.05, 4.69) is 72.8 Å². The van der Waals surface area contributed by atoms with Gasteiger partial charge in [-0.25, -0.2) is 0 Å². The summed E-state index contributed by atoms with van der Waals surface area (Å²) in [6.45, 7) is 0. The van der Waals surface area contributed by atoms with E-state index in [1.54, 1.807) is 7.11 Å². The van der Waals surface area contributed by atoms with Crippen LogP contribution in [0.5, 0.6) is 5.75 Å². The highest BCUT2D eigenvalue weighted by Crippen LogP contribution is 2.49. The van der Waals surface area contributed by atoms with Gasteiger partial charge >= 0.3 is 0 Å². The Hall–Kier alpha value is -2.45. The summed E-state index contributed by atoms with van der Waals surface area (Å²) in [7, 11) is 1.70. The molecule has 118 valence electrons. The predicted molar refractivity (Wildman–Crippen MR) is 103 cm³/mol. The van der Waals surface area contributed by atoms with Crippen molar-refractivity contribution < 1.29 is 4.74 Å². The van der Waals surface area contributed by atoms with Gasteiger partial charge in [0.2, 0.25) is 0 Å². The predicted octanol–water partition coefficient (Wildman–Crippen LogP) is 6.03. The fourth-order valence-corrected chi connectivity index (χ4v) is 4.38. The van der Waals surface area contributed by atoms with Crippen molar-refractivity contribution in [2.24, 2.45) is 0 Å². The minimum Gasteiger partial charge on any atom is -0.497 e. The lowest BCUT2D eigenvalue weighted by molar-refractivity contribution is 0.414. The first kappa shape index (κ1) is 15.1. The molecule has 0 radical (unpaired) electrons. The van der Waals surface area contributed by atoms with Crippen molar-refractivity contribution >= 4 is 22.7 Å². The smallest absolute Gasteiger partial charge is 0.118 e. The molecule has 1 aliphatic rings. The van der Waals surface area contributed by atoms with Crippen LogP contribution < -0.4 is 4.74 Å². The van der Waals surface area contributed by atoms with Crippen LogP contribution in [0.1, 0.15) is 27.5 Å². The van der Waals surface area contributed by atoms with Crippen LogP contribution in [-0.4, -0.2) is 7.11 Å². The van der Waals surface area contributed by atoms with E-state index in [0.29, 0.717) is 5.25 Å². The average Bonchev–Trinajstić information content (AvgIpc) is 2.68. The molecule has 3 aromatic carbocycles. The molecule has 0 bridgehead atoms. The van der Waals surface area contributed by atoms with Crippen molar-refractivity contribution in [2.75, 3.05) is 7.11 Å². The highest BCUT2D eigenvalue weighted by Gasteiger charge is 2.24. The molecule has 1 unspecified atom stereocenters. The Morgan fingerprint density at radius 2 is 1.50 bits per heavy atom. The highest BCUT2D eigenvalue weighted by atomic mass is 32.2. The van der Waals surface area contributed by atoms with Gasteiger partial charge in [-0.2, -0.15) is 0 Å². The minimum atomic E-state index is 0.298. The molecule has 0 spiro atoms. The Labute approximate surface area is 147 Å². The zero-order valence-corrected chi connectivity index (χ0v) is 14.3. The molecule has 1 aliphatic heterocycles. The molecule has 24 heavy (non-hydrogen) atoms. The number of fused-ring (bicyclic) bond motifs is 1. The van der Waals surface area contributed by atoms with Gasteiger partial charge in [-0.15, -0.1) is 11.8 Å². The van der Waals surface area contributed by atoms with Crippen molar-refractivity contribution in [3.63, 3.8) is 0 Å². The van der Waals surface area contributed by atoms with Crippen LogP contribution in [-0.2, 0) is 0 Å². The van der Waals surface area contributed by atoms with E-state index < -0.39 is 0 Å². The Balaban J connectivity index is 1.78. The van der Waals surface area contributed by atoms with Crippen molar-refractivity contribution in [3.8, 4) is 5.75 Å². The molecule has 4 rings (SSSR count). The molecule has 0 amide bonds. The zero-order valence-electron chi connectivity index (χ0n) is 13.5. The number of methoxy groups -OCH3 is 1. The van der Waals surface area contributed by atoms with Crippen LogP contribution in [0.25, 0.3) is 11.0 Å². The molecule has 1 heterocycles. The maximum absolute atomic E-state index is 5.30. The lowest BCUT2D eigenvalue weighted by Crippen LogP contribution is -2.04. The first-order valence-electron chi connectivity index (χ1n) is 8.02. The molecule has 0 fully saturated rings. The Morgan fingerprint density at radius 3 is 2.25 bits per heavy atom. The van der Waals surface area contributed by atoms with E-state index in [1.807, 2.05) is 23.9 Å². The van der Waals surface area contributed by atoms with E-state index in [-0.39, 0.29) is 0 Å². The molecule has 3 aromatic rings.